The molecule has 0 aliphatic carbocycles. The molecule has 0 aromatic carbocycles. The number of rotatable bonds is 1. The van der Waals surface area contributed by atoms with E-state index in [1.165, 1.54) is 12.8 Å². The number of hydrogen-bond donors (Lipinski definition) is 0. The molecule has 2 atom stereocenters. The Kier molecular flexibility index (Phi) is 3.44. The monoisotopic (exact) mass is 317 g/mol. The molecule has 1 saturated heterocycles. The van der Waals surface area contributed by atoms with Crippen molar-refractivity contribution in [2.24, 2.45) is 0 Å². The van der Waals surface area contributed by atoms with Crippen molar-refractivity contribution in [1.29, 1.82) is 0 Å². The Bertz CT molecular complexity index is 87.1. The van der Waals surface area contributed by atoms with Crippen LogP contribution in [0.3, 0.4) is 0 Å². The van der Waals surface area contributed by atoms with Crippen molar-refractivity contribution >= 4 is 0 Å². The van der Waals surface area contributed by atoms with Crippen LogP contribution in [-0.4, -0.2) is 20.0 Å². The third-order valence-corrected chi connectivity index (χ3v) is 4.70. The second-order valence-corrected chi connectivity index (χ2v) is 6.45. The zero-order valence-corrected chi connectivity index (χ0v) is 11.3. The Balaban J connectivity index is 2.30. The van der Waals surface area contributed by atoms with Crippen molar-refractivity contribution in [2.75, 3.05) is 13.7 Å². The van der Waals surface area contributed by atoms with Gasteiger partial charge in [0.05, 0.1) is 0 Å². The van der Waals surface area contributed by atoms with Gasteiger partial charge in [0.1, 0.15) is 0 Å². The van der Waals surface area contributed by atoms with E-state index in [2.05, 4.69) is 0 Å². The van der Waals surface area contributed by atoms with Gasteiger partial charge in [0, 0.05) is 0 Å². The van der Waals surface area contributed by atoms with Crippen molar-refractivity contribution in [3.8, 4) is 0 Å². The van der Waals surface area contributed by atoms with E-state index in [9.17, 15) is 0 Å². The fraction of sp³-hybridized carbons (Fsp3) is 1.00. The minimum absolute atomic E-state index is 0.141. The van der Waals surface area contributed by atoms with Gasteiger partial charge in [-0.3, -0.25) is 0 Å². The molecule has 1 fully saturated rings. The Labute approximate surface area is 71.9 Å². The summed E-state index contributed by atoms with van der Waals surface area (Å²) in [4.78, 5) is 0. The molecule has 1 rings (SSSR count). The SMILES string of the molecule is COC1OCCC[CH]1[Hg]. The van der Waals surface area contributed by atoms with Gasteiger partial charge in [-0.25, -0.2) is 0 Å². The van der Waals surface area contributed by atoms with Crippen LogP contribution in [0.5, 0.6) is 0 Å². The fourth-order valence-electron chi connectivity index (χ4n) is 1.08. The molecular weight excluding hydrogens is 305 g/mol. The van der Waals surface area contributed by atoms with E-state index < -0.39 is 0 Å². The van der Waals surface area contributed by atoms with Crippen LogP contribution in [0.1, 0.15) is 12.8 Å². The van der Waals surface area contributed by atoms with Gasteiger partial charge in [-0.15, -0.1) is 0 Å². The molecule has 0 bridgehead atoms. The first-order chi connectivity index (χ1) is 4.34. The van der Waals surface area contributed by atoms with Crippen LogP contribution in [0, 0.1) is 0 Å². The first kappa shape index (κ1) is 7.96. The topological polar surface area (TPSA) is 18.5 Å². The van der Waals surface area contributed by atoms with Crippen LogP contribution >= 0.6 is 0 Å². The van der Waals surface area contributed by atoms with Gasteiger partial charge < -0.3 is 0 Å². The van der Waals surface area contributed by atoms with Gasteiger partial charge in [0.2, 0.25) is 0 Å². The Morgan fingerprint density at radius 1 is 1.67 bits per heavy atom. The second kappa shape index (κ2) is 3.89. The molecule has 0 radical (unpaired) electrons. The average Bonchev–Trinajstić information content (AvgIpc) is 1.89. The first-order valence-electron chi connectivity index (χ1n) is 3.32. The normalized spacial score (nSPS) is 36.8. The van der Waals surface area contributed by atoms with Crippen LogP contribution in [0.2, 0.25) is 3.43 Å². The molecule has 2 unspecified atom stereocenters. The summed E-state index contributed by atoms with van der Waals surface area (Å²) >= 11 is 0.807. The molecule has 0 spiro atoms. The zero-order chi connectivity index (χ0) is 6.69. The summed E-state index contributed by atoms with van der Waals surface area (Å²) in [7, 11) is 1.73. The minimum atomic E-state index is 0.141. The summed E-state index contributed by atoms with van der Waals surface area (Å²) in [5.74, 6) is 0. The van der Waals surface area contributed by atoms with Crippen molar-refractivity contribution in [1.82, 2.24) is 0 Å². The summed E-state index contributed by atoms with van der Waals surface area (Å²) in [6.45, 7) is 0.895. The molecule has 49 valence electrons. The molecule has 1 aliphatic heterocycles. The van der Waals surface area contributed by atoms with E-state index in [0.29, 0.717) is 0 Å². The Morgan fingerprint density at radius 2 is 2.44 bits per heavy atom. The van der Waals surface area contributed by atoms with Gasteiger partial charge >= 0.3 is 71.9 Å². The standard InChI is InChI=1S/C6H11O2.Hg/c1-7-6-4-2-3-5-8-6;/h4,6H,2-3,5H2,1H3;. The van der Waals surface area contributed by atoms with Crippen molar-refractivity contribution in [2.45, 2.75) is 22.6 Å². The fourth-order valence-corrected chi connectivity index (χ4v) is 3.48. The van der Waals surface area contributed by atoms with Gasteiger partial charge in [0.25, 0.3) is 0 Å². The van der Waals surface area contributed by atoms with E-state index in [1.807, 2.05) is 0 Å². The molecule has 9 heavy (non-hydrogen) atoms. The van der Waals surface area contributed by atoms with Crippen LogP contribution in [0.15, 0.2) is 0 Å². The first-order valence-corrected chi connectivity index (χ1v) is 6.49. The van der Waals surface area contributed by atoms with E-state index >= 15 is 0 Å². The molecule has 0 N–H and O–H groups in total. The van der Waals surface area contributed by atoms with Crippen LogP contribution in [0.4, 0.5) is 0 Å². The van der Waals surface area contributed by atoms with Crippen LogP contribution in [-0.2, 0) is 35.6 Å². The van der Waals surface area contributed by atoms with E-state index in [1.54, 1.807) is 7.11 Å². The molecular formula is C6H11HgO2. The summed E-state index contributed by atoms with van der Waals surface area (Å²) in [5.41, 5.74) is 0. The summed E-state index contributed by atoms with van der Waals surface area (Å²) in [6.07, 6.45) is 2.69. The molecule has 3 heteroatoms. The molecule has 0 saturated carbocycles. The second-order valence-electron chi connectivity index (χ2n) is 2.38. The average molecular weight is 316 g/mol. The number of methoxy groups -OCH3 is 1. The Morgan fingerprint density at radius 3 is 2.89 bits per heavy atom. The maximum atomic E-state index is 5.37. The van der Waals surface area contributed by atoms with E-state index in [-0.39, 0.29) is 6.29 Å². The molecule has 1 aliphatic rings. The van der Waals surface area contributed by atoms with Crippen molar-refractivity contribution in [3.05, 3.63) is 0 Å². The van der Waals surface area contributed by atoms with Gasteiger partial charge in [-0.1, -0.05) is 0 Å². The van der Waals surface area contributed by atoms with Crippen molar-refractivity contribution < 1.29 is 35.6 Å². The maximum absolute atomic E-state index is 5.37. The van der Waals surface area contributed by atoms with Crippen LogP contribution in [0.25, 0.3) is 0 Å². The number of hydrogen-bond acceptors (Lipinski definition) is 2. The summed E-state index contributed by atoms with van der Waals surface area (Å²) in [5, 5.41) is 0. The molecule has 0 amide bonds. The molecule has 2 nitrogen and oxygen atoms in total. The third-order valence-electron chi connectivity index (χ3n) is 1.62. The van der Waals surface area contributed by atoms with Crippen molar-refractivity contribution in [3.63, 3.8) is 0 Å². The Hall–Kier alpha value is 0.855. The van der Waals surface area contributed by atoms with Gasteiger partial charge in [0.15, 0.2) is 0 Å². The molecule has 0 aromatic heterocycles. The van der Waals surface area contributed by atoms with Crippen LogP contribution < -0.4 is 0 Å². The van der Waals surface area contributed by atoms with Gasteiger partial charge in [-0.05, 0) is 0 Å². The molecule has 0 aromatic rings. The van der Waals surface area contributed by atoms with Gasteiger partial charge in [-0.2, -0.15) is 0 Å². The quantitative estimate of drug-likeness (QED) is 0.675. The zero-order valence-electron chi connectivity index (χ0n) is 5.80. The summed E-state index contributed by atoms with van der Waals surface area (Å²) < 4.78 is 11.3. The van der Waals surface area contributed by atoms with E-state index in [4.69, 9.17) is 9.47 Å². The summed E-state index contributed by atoms with van der Waals surface area (Å²) in [6, 6.07) is 0. The molecule has 1 heterocycles. The number of ether oxygens (including phenoxy) is 2. The third kappa shape index (κ3) is 2.17. The predicted molar refractivity (Wildman–Crippen MR) is 29.7 cm³/mol. The predicted octanol–water partition coefficient (Wildman–Crippen LogP) is 1.10. The van der Waals surface area contributed by atoms with E-state index in [0.717, 1.165) is 36.2 Å².